The molecule has 1 fully saturated rings. The van der Waals surface area contributed by atoms with Crippen LogP contribution in [-0.2, 0) is 0 Å². The number of hydrogen-bond donors (Lipinski definition) is 1. The SMILES string of the molecule is CC(C=S)C1NN(C(Cl)(Cl)Cl)C(=O)N1c1ccc(Cl)cc1. The highest BCUT2D eigenvalue weighted by molar-refractivity contribution is 7.79. The minimum absolute atomic E-state index is 0.142. The molecule has 4 nitrogen and oxygen atoms in total. The van der Waals surface area contributed by atoms with Crippen LogP contribution in [-0.4, -0.2) is 26.5 Å². The molecule has 9 heteroatoms. The highest BCUT2D eigenvalue weighted by Crippen LogP contribution is 2.36. The quantitative estimate of drug-likeness (QED) is 0.475. The second-order valence-corrected chi connectivity index (χ2v) is 7.43. The molecule has 1 N–H and O–H groups in total. The Balaban J connectivity index is 2.41. The molecule has 21 heavy (non-hydrogen) atoms. The fourth-order valence-electron chi connectivity index (χ4n) is 1.95. The van der Waals surface area contributed by atoms with Crippen molar-refractivity contribution < 1.29 is 4.79 Å². The Bertz CT molecular complexity index is 548. The molecule has 0 radical (unpaired) electrons. The lowest BCUT2D eigenvalue weighted by atomic mass is 10.1. The standard InChI is InChI=1S/C12H11Cl4N3OS/c1-7(6-21)10-17-19(12(14,15)16)11(20)18(10)9-4-2-8(13)3-5-9/h2-7,10,17H,1H3. The second kappa shape index (κ2) is 6.44. The molecule has 1 aliphatic rings. The molecule has 0 saturated carbocycles. The fraction of sp³-hybridized carbons (Fsp3) is 0.333. The van der Waals surface area contributed by atoms with E-state index in [0.717, 1.165) is 5.01 Å². The zero-order chi connectivity index (χ0) is 15.8. The van der Waals surface area contributed by atoms with E-state index in [-0.39, 0.29) is 5.92 Å². The zero-order valence-electron chi connectivity index (χ0n) is 10.8. The predicted octanol–water partition coefficient (Wildman–Crippen LogP) is 4.38. The molecule has 1 saturated heterocycles. The van der Waals surface area contributed by atoms with Crippen molar-refractivity contribution in [1.82, 2.24) is 10.4 Å². The molecule has 1 aromatic rings. The molecule has 2 amide bonds. The van der Waals surface area contributed by atoms with Gasteiger partial charge < -0.3 is 0 Å². The summed E-state index contributed by atoms with van der Waals surface area (Å²) in [4.78, 5) is 14.0. The fourth-order valence-corrected chi connectivity index (χ4v) is 2.59. The Hall–Kier alpha value is -0.300. The van der Waals surface area contributed by atoms with Gasteiger partial charge in [0, 0.05) is 16.6 Å². The van der Waals surface area contributed by atoms with E-state index < -0.39 is 16.1 Å². The van der Waals surface area contributed by atoms with Gasteiger partial charge in [-0.2, -0.15) is 0 Å². The van der Waals surface area contributed by atoms with Crippen molar-refractivity contribution in [2.45, 2.75) is 17.0 Å². The number of urea groups is 1. The molecule has 0 bridgehead atoms. The third-order valence-corrected chi connectivity index (χ3v) is 4.20. The van der Waals surface area contributed by atoms with Crippen molar-refractivity contribution in [3.05, 3.63) is 29.3 Å². The van der Waals surface area contributed by atoms with Crippen LogP contribution in [0.2, 0.25) is 5.02 Å². The number of thiocarbonyl (C=S) groups is 1. The first kappa shape index (κ1) is 17.1. The molecule has 1 aromatic carbocycles. The first-order chi connectivity index (χ1) is 9.75. The summed E-state index contributed by atoms with van der Waals surface area (Å²) in [6.07, 6.45) is -0.452. The lowest BCUT2D eigenvalue weighted by molar-refractivity contribution is 0.196. The second-order valence-electron chi connectivity index (χ2n) is 4.50. The van der Waals surface area contributed by atoms with Crippen LogP contribution in [0.3, 0.4) is 0 Å². The van der Waals surface area contributed by atoms with Crippen LogP contribution in [0.5, 0.6) is 0 Å². The summed E-state index contributed by atoms with van der Waals surface area (Å²) in [5.74, 6) is -0.142. The Morgan fingerprint density at radius 3 is 2.38 bits per heavy atom. The van der Waals surface area contributed by atoms with E-state index in [0.29, 0.717) is 10.7 Å². The van der Waals surface area contributed by atoms with Gasteiger partial charge in [0.15, 0.2) is 0 Å². The summed E-state index contributed by atoms with van der Waals surface area (Å²) in [7, 11) is 0. The monoisotopic (exact) mass is 385 g/mol. The maximum atomic E-state index is 12.5. The van der Waals surface area contributed by atoms with Gasteiger partial charge in [-0.15, -0.1) is 0 Å². The Labute approximate surface area is 147 Å². The Morgan fingerprint density at radius 1 is 1.33 bits per heavy atom. The summed E-state index contributed by atoms with van der Waals surface area (Å²) in [5, 5.41) is 3.07. The average molecular weight is 387 g/mol. The van der Waals surface area contributed by atoms with Crippen molar-refractivity contribution in [1.29, 1.82) is 0 Å². The zero-order valence-corrected chi connectivity index (χ0v) is 14.6. The first-order valence-corrected chi connectivity index (χ1v) is 7.91. The van der Waals surface area contributed by atoms with E-state index in [2.05, 4.69) is 5.43 Å². The van der Waals surface area contributed by atoms with Crippen LogP contribution in [0.1, 0.15) is 6.92 Å². The average Bonchev–Trinajstić information content (AvgIpc) is 2.76. The number of hydrazine groups is 1. The molecule has 0 spiro atoms. The number of halogens is 4. The third kappa shape index (κ3) is 3.55. The summed E-state index contributed by atoms with van der Waals surface area (Å²) < 4.78 is -1.91. The molecule has 2 unspecified atom stereocenters. The molecule has 1 aliphatic heterocycles. The van der Waals surface area contributed by atoms with Gasteiger partial charge in [-0.3, -0.25) is 4.90 Å². The van der Waals surface area contributed by atoms with Gasteiger partial charge in [-0.05, 0) is 29.6 Å². The number of carbonyl (C=O) groups is 1. The maximum absolute atomic E-state index is 12.5. The normalized spacial score (nSPS) is 20.8. The topological polar surface area (TPSA) is 35.6 Å². The summed E-state index contributed by atoms with van der Waals surface area (Å²) in [6, 6.07) is 6.31. The lowest BCUT2D eigenvalue weighted by Gasteiger charge is -2.25. The van der Waals surface area contributed by atoms with Gasteiger partial charge in [0.05, 0.1) is 0 Å². The van der Waals surface area contributed by atoms with Crippen LogP contribution in [0.4, 0.5) is 10.5 Å². The van der Waals surface area contributed by atoms with E-state index in [1.54, 1.807) is 29.6 Å². The number of nitrogens with zero attached hydrogens (tertiary/aromatic N) is 2. The minimum Gasteiger partial charge on any atom is -0.275 e. The molecular formula is C12H11Cl4N3OS. The number of rotatable bonds is 3. The molecule has 0 aliphatic carbocycles. The van der Waals surface area contributed by atoms with Gasteiger partial charge >= 0.3 is 6.03 Å². The van der Waals surface area contributed by atoms with Gasteiger partial charge in [0.2, 0.25) is 0 Å². The van der Waals surface area contributed by atoms with Crippen molar-refractivity contribution in [2.24, 2.45) is 5.92 Å². The van der Waals surface area contributed by atoms with Crippen LogP contribution in [0.15, 0.2) is 24.3 Å². The molecule has 114 valence electrons. The molecular weight excluding hydrogens is 376 g/mol. The number of amides is 2. The van der Waals surface area contributed by atoms with Crippen LogP contribution in [0.25, 0.3) is 0 Å². The largest absolute Gasteiger partial charge is 0.343 e. The van der Waals surface area contributed by atoms with Crippen LogP contribution in [0, 0.1) is 5.92 Å². The van der Waals surface area contributed by atoms with Gasteiger partial charge in [-0.1, -0.05) is 65.5 Å². The lowest BCUT2D eigenvalue weighted by Crippen LogP contribution is -2.46. The molecule has 0 aromatic heterocycles. The van der Waals surface area contributed by atoms with Gasteiger partial charge in [0.1, 0.15) is 6.17 Å². The van der Waals surface area contributed by atoms with Crippen molar-refractivity contribution in [3.8, 4) is 0 Å². The number of alkyl halides is 3. The number of hydrogen-bond acceptors (Lipinski definition) is 3. The van der Waals surface area contributed by atoms with E-state index in [4.69, 9.17) is 58.6 Å². The number of benzene rings is 1. The Kier molecular flexibility index (Phi) is 5.23. The molecule has 2 rings (SSSR count). The number of nitrogens with one attached hydrogen (secondary N) is 1. The third-order valence-electron chi connectivity index (χ3n) is 3.01. The highest BCUT2D eigenvalue weighted by Gasteiger charge is 2.48. The van der Waals surface area contributed by atoms with Crippen LogP contribution >= 0.6 is 58.6 Å². The van der Waals surface area contributed by atoms with Gasteiger partial charge in [-0.25, -0.2) is 15.2 Å². The van der Waals surface area contributed by atoms with Crippen molar-refractivity contribution >= 4 is 75.7 Å². The van der Waals surface area contributed by atoms with Crippen molar-refractivity contribution in [3.63, 3.8) is 0 Å². The highest BCUT2D eigenvalue weighted by atomic mass is 35.6. The number of carbonyl (C=O) groups excluding carboxylic acids is 1. The summed E-state index contributed by atoms with van der Waals surface area (Å²) >= 11 is 28.3. The van der Waals surface area contributed by atoms with E-state index in [9.17, 15) is 4.79 Å². The molecule has 1 heterocycles. The first-order valence-electron chi connectivity index (χ1n) is 5.93. The predicted molar refractivity (Wildman–Crippen MR) is 91.2 cm³/mol. The molecule has 2 atom stereocenters. The summed E-state index contributed by atoms with van der Waals surface area (Å²) in [5.41, 5.74) is 3.50. The van der Waals surface area contributed by atoms with E-state index >= 15 is 0 Å². The maximum Gasteiger partial charge on any atom is 0.343 e. The number of anilines is 1. The summed E-state index contributed by atoms with van der Waals surface area (Å²) in [6.45, 7) is 1.86. The van der Waals surface area contributed by atoms with Crippen molar-refractivity contribution in [2.75, 3.05) is 4.90 Å². The van der Waals surface area contributed by atoms with E-state index in [1.807, 2.05) is 6.92 Å². The van der Waals surface area contributed by atoms with Crippen LogP contribution < -0.4 is 10.3 Å². The minimum atomic E-state index is -1.91. The Morgan fingerprint density at radius 2 is 1.90 bits per heavy atom. The van der Waals surface area contributed by atoms with Gasteiger partial charge in [0.25, 0.3) is 3.92 Å². The van der Waals surface area contributed by atoms with E-state index in [1.165, 1.54) is 4.90 Å². The smallest absolute Gasteiger partial charge is 0.275 e.